The van der Waals surface area contributed by atoms with E-state index in [1.54, 1.807) is 16.7 Å². The third-order valence-electron chi connectivity index (χ3n) is 4.99. The molecular weight excluding hydrogens is 308 g/mol. The molecule has 1 aliphatic heterocycles. The van der Waals surface area contributed by atoms with Gasteiger partial charge in [-0.2, -0.15) is 0 Å². The minimum absolute atomic E-state index is 0.230. The van der Waals surface area contributed by atoms with Gasteiger partial charge in [-0.1, -0.05) is 24.3 Å². The van der Waals surface area contributed by atoms with Crippen LogP contribution in [0, 0.1) is 5.92 Å². The quantitative estimate of drug-likeness (QED) is 0.867. The van der Waals surface area contributed by atoms with E-state index in [2.05, 4.69) is 29.2 Å². The van der Waals surface area contributed by atoms with E-state index in [-0.39, 0.29) is 5.75 Å². The summed E-state index contributed by atoms with van der Waals surface area (Å²) < 4.78 is 27.0. The summed E-state index contributed by atoms with van der Waals surface area (Å²) in [6, 6.07) is 10.3. The van der Waals surface area contributed by atoms with Crippen LogP contribution in [0.25, 0.3) is 0 Å². The maximum atomic E-state index is 12.7. The summed E-state index contributed by atoms with van der Waals surface area (Å²) in [5, 5.41) is 0. The van der Waals surface area contributed by atoms with E-state index in [1.165, 1.54) is 11.1 Å². The lowest BCUT2D eigenvalue weighted by Gasteiger charge is -2.20. The Labute approximate surface area is 137 Å². The molecule has 0 bridgehead atoms. The molecule has 1 aromatic carbocycles. The van der Waals surface area contributed by atoms with Gasteiger partial charge in [-0.25, -0.2) is 8.42 Å². The fourth-order valence-electron chi connectivity index (χ4n) is 3.77. The van der Waals surface area contributed by atoms with Crippen molar-refractivity contribution in [1.29, 1.82) is 0 Å². The molecule has 5 heteroatoms. The second-order valence-corrected chi connectivity index (χ2v) is 8.49. The zero-order chi connectivity index (χ0) is 15.9. The molecule has 0 saturated heterocycles. The lowest BCUT2D eigenvalue weighted by molar-refractivity contribution is 0.529. The molecule has 0 spiro atoms. The molecule has 23 heavy (non-hydrogen) atoms. The van der Waals surface area contributed by atoms with Gasteiger partial charge in [0.25, 0.3) is 0 Å². The Morgan fingerprint density at radius 3 is 2.57 bits per heavy atom. The summed E-state index contributed by atoms with van der Waals surface area (Å²) >= 11 is 0. The van der Waals surface area contributed by atoms with Gasteiger partial charge in [0, 0.05) is 18.9 Å². The highest BCUT2D eigenvalue weighted by molar-refractivity contribution is 7.92. The molecule has 2 heterocycles. The summed E-state index contributed by atoms with van der Waals surface area (Å²) in [4.78, 5) is 4.08. The third-order valence-corrected chi connectivity index (χ3v) is 6.79. The Balaban J connectivity index is 1.44. The van der Waals surface area contributed by atoms with Crippen molar-refractivity contribution >= 4 is 15.7 Å². The lowest BCUT2D eigenvalue weighted by Crippen LogP contribution is -2.32. The molecule has 0 atom stereocenters. The Kier molecular flexibility index (Phi) is 3.60. The third kappa shape index (κ3) is 2.74. The topological polar surface area (TPSA) is 50.3 Å². The Morgan fingerprint density at radius 2 is 1.83 bits per heavy atom. The molecule has 0 unspecified atom stereocenters. The van der Waals surface area contributed by atoms with Crippen molar-refractivity contribution in [2.45, 2.75) is 25.7 Å². The first-order chi connectivity index (χ1) is 11.1. The Morgan fingerprint density at radius 1 is 1.09 bits per heavy atom. The number of hydrogen-bond donors (Lipinski definition) is 0. The van der Waals surface area contributed by atoms with Crippen molar-refractivity contribution < 1.29 is 8.42 Å². The van der Waals surface area contributed by atoms with Crippen LogP contribution in [-0.2, 0) is 29.3 Å². The minimum Gasteiger partial charge on any atom is -0.270 e. The van der Waals surface area contributed by atoms with Gasteiger partial charge in [0.2, 0.25) is 10.0 Å². The number of nitrogens with zero attached hydrogens (tertiary/aromatic N) is 2. The maximum Gasteiger partial charge on any atom is 0.235 e. The lowest BCUT2D eigenvalue weighted by atomic mass is 10.0. The Hall–Kier alpha value is -1.88. The summed E-state index contributed by atoms with van der Waals surface area (Å²) in [6.07, 6.45) is 6.95. The van der Waals surface area contributed by atoms with E-state index in [9.17, 15) is 8.42 Å². The second-order valence-electron chi connectivity index (χ2n) is 6.47. The van der Waals surface area contributed by atoms with Crippen molar-refractivity contribution in [2.75, 3.05) is 16.6 Å². The average Bonchev–Trinajstić information content (AvgIpc) is 3.17. The van der Waals surface area contributed by atoms with Crippen molar-refractivity contribution in [3.8, 4) is 0 Å². The van der Waals surface area contributed by atoms with Crippen LogP contribution in [-0.4, -0.2) is 25.7 Å². The molecule has 0 N–H and O–H groups in total. The molecule has 0 amide bonds. The summed E-state index contributed by atoms with van der Waals surface area (Å²) in [5.74, 6) is 0.676. The minimum atomic E-state index is -3.24. The number of sulfonamides is 1. The summed E-state index contributed by atoms with van der Waals surface area (Å²) in [7, 11) is -3.24. The summed E-state index contributed by atoms with van der Waals surface area (Å²) in [5.41, 5.74) is 4.61. The van der Waals surface area contributed by atoms with E-state index < -0.39 is 10.0 Å². The smallest absolute Gasteiger partial charge is 0.235 e. The second kappa shape index (κ2) is 5.64. The standard InChI is InChI=1S/C18H20N2O2S/c21-23(22,20-9-6-17-13-19-8-5-18(17)20)10-7-14-11-15-3-1-2-4-16(15)12-14/h1-5,8,13-14H,6-7,9-12H2. The molecule has 0 fully saturated rings. The molecular formula is C18H20N2O2S. The van der Waals surface area contributed by atoms with Crippen LogP contribution in [0.4, 0.5) is 5.69 Å². The number of anilines is 1. The van der Waals surface area contributed by atoms with Crippen LogP contribution in [0.5, 0.6) is 0 Å². The monoisotopic (exact) mass is 328 g/mol. The predicted molar refractivity (Wildman–Crippen MR) is 91.0 cm³/mol. The zero-order valence-electron chi connectivity index (χ0n) is 13.0. The molecule has 1 aromatic heterocycles. The van der Waals surface area contributed by atoms with E-state index in [0.717, 1.165) is 36.9 Å². The van der Waals surface area contributed by atoms with Crippen LogP contribution >= 0.6 is 0 Å². The fraction of sp³-hybridized carbons (Fsp3) is 0.389. The van der Waals surface area contributed by atoms with Gasteiger partial charge < -0.3 is 0 Å². The number of benzene rings is 1. The molecule has 2 aliphatic rings. The molecule has 2 aromatic rings. The van der Waals surface area contributed by atoms with Gasteiger partial charge in [0.05, 0.1) is 11.4 Å². The fourth-order valence-corrected chi connectivity index (χ4v) is 5.47. The average molecular weight is 328 g/mol. The molecule has 1 aliphatic carbocycles. The van der Waals surface area contributed by atoms with Crippen molar-refractivity contribution in [1.82, 2.24) is 4.98 Å². The Bertz CT molecular complexity index is 807. The molecule has 0 radical (unpaired) electrons. The van der Waals surface area contributed by atoms with Gasteiger partial charge in [-0.05, 0) is 54.4 Å². The van der Waals surface area contributed by atoms with Crippen molar-refractivity contribution in [3.63, 3.8) is 0 Å². The van der Waals surface area contributed by atoms with E-state index in [1.807, 2.05) is 6.07 Å². The number of rotatable bonds is 4. The van der Waals surface area contributed by atoms with Crippen LogP contribution in [0.2, 0.25) is 0 Å². The first-order valence-electron chi connectivity index (χ1n) is 8.13. The van der Waals surface area contributed by atoms with Gasteiger partial charge in [-0.15, -0.1) is 0 Å². The van der Waals surface area contributed by atoms with Crippen LogP contribution in [0.3, 0.4) is 0 Å². The van der Waals surface area contributed by atoms with E-state index >= 15 is 0 Å². The van der Waals surface area contributed by atoms with Gasteiger partial charge in [0.15, 0.2) is 0 Å². The number of fused-ring (bicyclic) bond motifs is 2. The first kappa shape index (κ1) is 14.7. The van der Waals surface area contributed by atoms with Crippen molar-refractivity contribution in [3.05, 3.63) is 59.4 Å². The largest absolute Gasteiger partial charge is 0.270 e. The normalized spacial score (nSPS) is 17.3. The van der Waals surface area contributed by atoms with E-state index in [4.69, 9.17) is 0 Å². The van der Waals surface area contributed by atoms with Crippen LogP contribution < -0.4 is 4.31 Å². The zero-order valence-corrected chi connectivity index (χ0v) is 13.8. The van der Waals surface area contributed by atoms with Gasteiger partial charge in [0.1, 0.15) is 0 Å². The first-order valence-corrected chi connectivity index (χ1v) is 9.74. The molecule has 120 valence electrons. The number of pyridine rings is 1. The predicted octanol–water partition coefficient (Wildman–Crippen LogP) is 2.58. The highest BCUT2D eigenvalue weighted by Crippen LogP contribution is 2.32. The maximum absolute atomic E-state index is 12.7. The number of aromatic nitrogens is 1. The van der Waals surface area contributed by atoms with E-state index in [0.29, 0.717) is 12.5 Å². The molecule has 4 nitrogen and oxygen atoms in total. The summed E-state index contributed by atoms with van der Waals surface area (Å²) in [6.45, 7) is 0.550. The molecule has 0 saturated carbocycles. The van der Waals surface area contributed by atoms with Crippen molar-refractivity contribution in [2.24, 2.45) is 5.92 Å². The SMILES string of the molecule is O=S(=O)(CCC1Cc2ccccc2C1)N1CCc2cnccc21. The van der Waals surface area contributed by atoms with Crippen LogP contribution in [0.15, 0.2) is 42.7 Å². The van der Waals surface area contributed by atoms with Crippen LogP contribution in [0.1, 0.15) is 23.1 Å². The highest BCUT2D eigenvalue weighted by Gasteiger charge is 2.30. The highest BCUT2D eigenvalue weighted by atomic mass is 32.2. The van der Waals surface area contributed by atoms with Gasteiger partial charge in [-0.3, -0.25) is 9.29 Å². The molecule has 4 rings (SSSR count). The van der Waals surface area contributed by atoms with Gasteiger partial charge >= 0.3 is 0 Å². The number of hydrogen-bond acceptors (Lipinski definition) is 3.